The number of nitrogens with one attached hydrogen (secondary N) is 2. The van der Waals surface area contributed by atoms with Gasteiger partial charge in [0.25, 0.3) is 0 Å². The van der Waals surface area contributed by atoms with Gasteiger partial charge in [-0.2, -0.15) is 0 Å². The van der Waals surface area contributed by atoms with Gasteiger partial charge in [0, 0.05) is 12.6 Å². The molecule has 1 rings (SSSR count). The zero-order valence-electron chi connectivity index (χ0n) is 18.6. The number of aliphatic imine (C=N–C) groups is 1. The first-order valence-corrected chi connectivity index (χ1v) is 10.6. The molecule has 0 amide bonds. The summed E-state index contributed by atoms with van der Waals surface area (Å²) in [4.78, 5) is 9.37. The molecular formula is C22H40FN5. The van der Waals surface area contributed by atoms with Crippen molar-refractivity contribution in [3.05, 3.63) is 35.6 Å². The molecule has 0 aliphatic heterocycles. The molecule has 2 N–H and O–H groups in total. The fourth-order valence-corrected chi connectivity index (χ4v) is 3.22. The highest BCUT2D eigenvalue weighted by molar-refractivity contribution is 5.80. The quantitative estimate of drug-likeness (QED) is 0.421. The van der Waals surface area contributed by atoms with Gasteiger partial charge < -0.3 is 20.4 Å². The summed E-state index contributed by atoms with van der Waals surface area (Å²) in [6.45, 7) is 13.5. The maximum absolute atomic E-state index is 13.2. The first-order valence-electron chi connectivity index (χ1n) is 10.6. The van der Waals surface area contributed by atoms with E-state index >= 15 is 0 Å². The molecule has 0 bridgehead atoms. The van der Waals surface area contributed by atoms with E-state index in [0.29, 0.717) is 12.6 Å². The molecule has 0 saturated carbocycles. The second-order valence-corrected chi connectivity index (χ2v) is 7.47. The van der Waals surface area contributed by atoms with Crippen molar-refractivity contribution in [1.82, 2.24) is 20.4 Å². The van der Waals surface area contributed by atoms with Crippen LogP contribution in [0.4, 0.5) is 4.39 Å². The predicted octanol–water partition coefficient (Wildman–Crippen LogP) is 3.49. The van der Waals surface area contributed by atoms with Gasteiger partial charge in [0.15, 0.2) is 5.96 Å². The third-order valence-electron chi connectivity index (χ3n) is 5.03. The number of hydrogen-bond donors (Lipinski definition) is 2. The summed E-state index contributed by atoms with van der Waals surface area (Å²) in [5.41, 5.74) is 1.07. The molecule has 2 atom stereocenters. The van der Waals surface area contributed by atoms with Crippen LogP contribution in [-0.2, 0) is 0 Å². The lowest BCUT2D eigenvalue weighted by Gasteiger charge is -2.24. The van der Waals surface area contributed by atoms with Gasteiger partial charge in [0.2, 0.25) is 0 Å². The van der Waals surface area contributed by atoms with Gasteiger partial charge in [-0.1, -0.05) is 26.0 Å². The van der Waals surface area contributed by atoms with Gasteiger partial charge in [-0.25, -0.2) is 4.39 Å². The average Bonchev–Trinajstić information content (AvgIpc) is 2.66. The van der Waals surface area contributed by atoms with Crippen molar-refractivity contribution in [2.24, 2.45) is 4.99 Å². The van der Waals surface area contributed by atoms with E-state index < -0.39 is 0 Å². The number of likely N-dealkylation sites (N-methyl/N-ethyl adjacent to an activating group) is 1. The minimum Gasteiger partial charge on any atom is -0.357 e. The molecule has 5 nitrogen and oxygen atoms in total. The lowest BCUT2D eigenvalue weighted by Crippen LogP contribution is -2.43. The third-order valence-corrected chi connectivity index (χ3v) is 5.03. The summed E-state index contributed by atoms with van der Waals surface area (Å²) < 4.78 is 13.2. The molecular weight excluding hydrogens is 353 g/mol. The van der Waals surface area contributed by atoms with Crippen LogP contribution >= 0.6 is 0 Å². The molecule has 0 fully saturated rings. The monoisotopic (exact) mass is 393 g/mol. The fraction of sp³-hybridized carbons (Fsp3) is 0.682. The summed E-state index contributed by atoms with van der Waals surface area (Å²) in [5.74, 6) is 0.630. The molecule has 1 aromatic rings. The Morgan fingerprint density at radius 3 is 2.29 bits per heavy atom. The van der Waals surface area contributed by atoms with E-state index in [9.17, 15) is 4.39 Å². The van der Waals surface area contributed by atoms with Crippen LogP contribution in [0, 0.1) is 5.82 Å². The van der Waals surface area contributed by atoms with Gasteiger partial charge in [-0.3, -0.25) is 4.99 Å². The standard InChI is InChI=1S/C22H40FN5/c1-7-24-22(26-18(4)11-10-16-28(8-2)9-3)25-17-21(27(5)6)19-12-14-20(23)15-13-19/h12-15,18,21H,7-11,16-17H2,1-6H3,(H2,24,25,26). The number of benzene rings is 1. The second kappa shape index (κ2) is 13.5. The van der Waals surface area contributed by atoms with E-state index in [0.717, 1.165) is 44.1 Å². The Kier molecular flexibility index (Phi) is 11.8. The Balaban J connectivity index is 2.66. The minimum atomic E-state index is -0.210. The number of halogens is 1. The summed E-state index contributed by atoms with van der Waals surface area (Å²) in [6.07, 6.45) is 2.28. The molecule has 0 spiro atoms. The van der Waals surface area contributed by atoms with Crippen molar-refractivity contribution in [1.29, 1.82) is 0 Å². The zero-order chi connectivity index (χ0) is 20.9. The summed E-state index contributed by atoms with van der Waals surface area (Å²) in [7, 11) is 4.06. The molecule has 28 heavy (non-hydrogen) atoms. The molecule has 0 aromatic heterocycles. The van der Waals surface area contributed by atoms with Crippen LogP contribution in [-0.4, -0.2) is 68.6 Å². The highest BCUT2D eigenvalue weighted by Crippen LogP contribution is 2.19. The molecule has 0 heterocycles. The Labute approximate surface area is 171 Å². The summed E-state index contributed by atoms with van der Waals surface area (Å²) in [5, 5.41) is 6.86. The number of rotatable bonds is 12. The van der Waals surface area contributed by atoms with Crippen LogP contribution in [0.2, 0.25) is 0 Å². The van der Waals surface area contributed by atoms with Crippen molar-refractivity contribution in [2.45, 2.75) is 52.6 Å². The van der Waals surface area contributed by atoms with E-state index in [2.05, 4.69) is 48.1 Å². The Morgan fingerprint density at radius 1 is 1.11 bits per heavy atom. The van der Waals surface area contributed by atoms with Crippen LogP contribution in [0.15, 0.2) is 29.3 Å². The first kappa shape index (κ1) is 24.4. The van der Waals surface area contributed by atoms with E-state index in [1.54, 1.807) is 0 Å². The van der Waals surface area contributed by atoms with Gasteiger partial charge in [-0.15, -0.1) is 0 Å². The first-order chi connectivity index (χ1) is 13.4. The van der Waals surface area contributed by atoms with Gasteiger partial charge >= 0.3 is 0 Å². The van der Waals surface area contributed by atoms with Gasteiger partial charge in [0.05, 0.1) is 12.6 Å². The molecule has 0 saturated heterocycles. The molecule has 1 aromatic carbocycles. The number of nitrogens with zero attached hydrogens (tertiary/aromatic N) is 3. The lowest BCUT2D eigenvalue weighted by molar-refractivity contribution is 0.292. The minimum absolute atomic E-state index is 0.106. The van der Waals surface area contributed by atoms with E-state index in [1.165, 1.54) is 18.6 Å². The average molecular weight is 394 g/mol. The highest BCUT2D eigenvalue weighted by Gasteiger charge is 2.15. The number of hydrogen-bond acceptors (Lipinski definition) is 3. The third kappa shape index (κ3) is 9.02. The van der Waals surface area contributed by atoms with Crippen molar-refractivity contribution in [2.75, 3.05) is 46.8 Å². The van der Waals surface area contributed by atoms with E-state index in [-0.39, 0.29) is 11.9 Å². The largest absolute Gasteiger partial charge is 0.357 e. The fourth-order valence-electron chi connectivity index (χ4n) is 3.22. The smallest absolute Gasteiger partial charge is 0.191 e. The van der Waals surface area contributed by atoms with Crippen LogP contribution in [0.5, 0.6) is 0 Å². The lowest BCUT2D eigenvalue weighted by atomic mass is 10.1. The Hall–Kier alpha value is -1.66. The SMILES string of the molecule is CCNC(=NCC(c1ccc(F)cc1)N(C)C)NC(C)CCCN(CC)CC. The van der Waals surface area contributed by atoms with Crippen LogP contribution in [0.3, 0.4) is 0 Å². The Bertz CT molecular complexity index is 555. The van der Waals surface area contributed by atoms with Crippen LogP contribution in [0.1, 0.15) is 52.1 Å². The topological polar surface area (TPSA) is 42.9 Å². The maximum Gasteiger partial charge on any atom is 0.191 e. The van der Waals surface area contributed by atoms with Crippen LogP contribution < -0.4 is 10.6 Å². The Morgan fingerprint density at radius 2 is 1.75 bits per heavy atom. The highest BCUT2D eigenvalue weighted by atomic mass is 19.1. The van der Waals surface area contributed by atoms with Gasteiger partial charge in [0.1, 0.15) is 5.82 Å². The van der Waals surface area contributed by atoms with Crippen molar-refractivity contribution in [3.63, 3.8) is 0 Å². The van der Waals surface area contributed by atoms with Gasteiger partial charge in [-0.05, 0) is 78.1 Å². The molecule has 0 aliphatic rings. The van der Waals surface area contributed by atoms with Crippen molar-refractivity contribution >= 4 is 5.96 Å². The van der Waals surface area contributed by atoms with Crippen LogP contribution in [0.25, 0.3) is 0 Å². The molecule has 6 heteroatoms. The predicted molar refractivity (Wildman–Crippen MR) is 118 cm³/mol. The molecule has 0 aliphatic carbocycles. The molecule has 0 radical (unpaired) electrons. The number of guanidine groups is 1. The maximum atomic E-state index is 13.2. The summed E-state index contributed by atoms with van der Waals surface area (Å²) >= 11 is 0. The molecule has 2 unspecified atom stereocenters. The van der Waals surface area contributed by atoms with E-state index in [4.69, 9.17) is 4.99 Å². The molecule has 160 valence electrons. The van der Waals surface area contributed by atoms with Crippen molar-refractivity contribution in [3.8, 4) is 0 Å². The van der Waals surface area contributed by atoms with Crippen molar-refractivity contribution < 1.29 is 4.39 Å². The normalized spacial score (nSPS) is 14.4. The summed E-state index contributed by atoms with van der Waals surface area (Å²) in [6, 6.07) is 7.16. The van der Waals surface area contributed by atoms with E-state index in [1.807, 2.05) is 26.2 Å². The second-order valence-electron chi connectivity index (χ2n) is 7.47. The zero-order valence-corrected chi connectivity index (χ0v) is 18.6.